The van der Waals surface area contributed by atoms with Crippen LogP contribution in [-0.2, 0) is 16.6 Å². The molecule has 1 heterocycles. The molecule has 0 aromatic carbocycles. The zero-order chi connectivity index (χ0) is 9.73. The Labute approximate surface area is 77.8 Å². The Kier molecular flexibility index (Phi) is 3.44. The lowest BCUT2D eigenvalue weighted by molar-refractivity contribution is 0.556. The predicted octanol–water partition coefficient (Wildman–Crippen LogP) is -0.178. The fourth-order valence-electron chi connectivity index (χ4n) is 0.931. The molecule has 1 aromatic rings. The standard InChI is InChI=1S/C7H13N3O2S/c1-13(11,12)9-5-3-7-10-6-2-4-8-10/h2,4,6,9H,3,5,7H2,1H3. The van der Waals surface area contributed by atoms with Gasteiger partial charge in [0.1, 0.15) is 0 Å². The molecule has 0 radical (unpaired) electrons. The Morgan fingerprint density at radius 1 is 1.54 bits per heavy atom. The number of nitrogens with zero attached hydrogens (tertiary/aromatic N) is 2. The largest absolute Gasteiger partial charge is 0.273 e. The third-order valence-corrected chi connectivity index (χ3v) is 2.22. The fourth-order valence-corrected chi connectivity index (χ4v) is 1.45. The molecule has 0 spiro atoms. The Bertz CT molecular complexity index is 331. The summed E-state index contributed by atoms with van der Waals surface area (Å²) in [7, 11) is -3.04. The molecule has 0 fully saturated rings. The van der Waals surface area contributed by atoms with Gasteiger partial charge in [-0.15, -0.1) is 0 Å². The van der Waals surface area contributed by atoms with E-state index in [-0.39, 0.29) is 0 Å². The van der Waals surface area contributed by atoms with Crippen molar-refractivity contribution < 1.29 is 8.42 Å². The number of sulfonamides is 1. The highest BCUT2D eigenvalue weighted by molar-refractivity contribution is 7.88. The van der Waals surface area contributed by atoms with Crippen molar-refractivity contribution in [3.8, 4) is 0 Å². The van der Waals surface area contributed by atoms with Gasteiger partial charge in [-0.25, -0.2) is 13.1 Å². The highest BCUT2D eigenvalue weighted by atomic mass is 32.2. The van der Waals surface area contributed by atoms with Crippen LogP contribution in [0.15, 0.2) is 18.5 Å². The minimum atomic E-state index is -3.04. The van der Waals surface area contributed by atoms with E-state index in [4.69, 9.17) is 0 Å². The van der Waals surface area contributed by atoms with E-state index in [0.29, 0.717) is 6.54 Å². The molecule has 6 heteroatoms. The first kappa shape index (κ1) is 10.2. The first-order valence-electron chi connectivity index (χ1n) is 4.00. The van der Waals surface area contributed by atoms with Crippen molar-refractivity contribution in [2.75, 3.05) is 12.8 Å². The first-order chi connectivity index (χ1) is 6.08. The topological polar surface area (TPSA) is 64.0 Å². The molecular formula is C7H13N3O2S. The summed E-state index contributed by atoms with van der Waals surface area (Å²) >= 11 is 0. The zero-order valence-electron chi connectivity index (χ0n) is 7.47. The Hall–Kier alpha value is -0.880. The van der Waals surface area contributed by atoms with E-state index in [1.165, 1.54) is 0 Å². The summed E-state index contributed by atoms with van der Waals surface area (Å²) in [6, 6.07) is 1.84. The normalized spacial score (nSPS) is 11.8. The number of rotatable bonds is 5. The molecule has 0 atom stereocenters. The van der Waals surface area contributed by atoms with Gasteiger partial charge in [-0.1, -0.05) is 0 Å². The van der Waals surface area contributed by atoms with E-state index in [0.717, 1.165) is 19.2 Å². The van der Waals surface area contributed by atoms with Crippen LogP contribution >= 0.6 is 0 Å². The molecule has 0 aliphatic rings. The number of nitrogens with one attached hydrogen (secondary N) is 1. The summed E-state index contributed by atoms with van der Waals surface area (Å²) in [6.07, 6.45) is 5.44. The maximum atomic E-state index is 10.7. The summed E-state index contributed by atoms with van der Waals surface area (Å²) in [5, 5.41) is 3.99. The molecule has 5 nitrogen and oxygen atoms in total. The maximum Gasteiger partial charge on any atom is 0.208 e. The van der Waals surface area contributed by atoms with Gasteiger partial charge >= 0.3 is 0 Å². The molecule has 0 aliphatic carbocycles. The smallest absolute Gasteiger partial charge is 0.208 e. The second kappa shape index (κ2) is 4.38. The molecule has 0 bridgehead atoms. The number of aromatic nitrogens is 2. The van der Waals surface area contributed by atoms with Crippen LogP contribution in [0.3, 0.4) is 0 Å². The third kappa shape index (κ3) is 4.64. The van der Waals surface area contributed by atoms with Crippen molar-refractivity contribution in [1.29, 1.82) is 0 Å². The highest BCUT2D eigenvalue weighted by Crippen LogP contribution is 1.88. The van der Waals surface area contributed by atoms with Crippen molar-refractivity contribution in [1.82, 2.24) is 14.5 Å². The fraction of sp³-hybridized carbons (Fsp3) is 0.571. The summed E-state index contributed by atoms with van der Waals surface area (Å²) in [4.78, 5) is 0. The average Bonchev–Trinajstić information content (AvgIpc) is 2.48. The van der Waals surface area contributed by atoms with Crippen LogP contribution < -0.4 is 4.72 Å². The van der Waals surface area contributed by atoms with Crippen molar-refractivity contribution in [2.45, 2.75) is 13.0 Å². The molecular weight excluding hydrogens is 190 g/mol. The summed E-state index contributed by atoms with van der Waals surface area (Å²) in [5.41, 5.74) is 0. The van der Waals surface area contributed by atoms with Crippen LogP contribution in [0.2, 0.25) is 0 Å². The van der Waals surface area contributed by atoms with Crippen LogP contribution in [0.25, 0.3) is 0 Å². The second-order valence-electron chi connectivity index (χ2n) is 2.79. The van der Waals surface area contributed by atoms with Crippen molar-refractivity contribution in [3.63, 3.8) is 0 Å². The quantitative estimate of drug-likeness (QED) is 0.675. The lowest BCUT2D eigenvalue weighted by atomic mass is 10.4. The van der Waals surface area contributed by atoms with E-state index in [1.807, 2.05) is 12.3 Å². The van der Waals surface area contributed by atoms with Gasteiger partial charge in [0.2, 0.25) is 10.0 Å². The summed E-state index contributed by atoms with van der Waals surface area (Å²) < 4.78 is 25.5. The maximum absolute atomic E-state index is 10.7. The monoisotopic (exact) mass is 203 g/mol. The molecule has 0 amide bonds. The van der Waals surface area contributed by atoms with E-state index < -0.39 is 10.0 Å². The Morgan fingerprint density at radius 3 is 2.85 bits per heavy atom. The lowest BCUT2D eigenvalue weighted by Crippen LogP contribution is -2.23. The Morgan fingerprint density at radius 2 is 2.31 bits per heavy atom. The molecule has 0 saturated carbocycles. The highest BCUT2D eigenvalue weighted by Gasteiger charge is 1.98. The van der Waals surface area contributed by atoms with Crippen LogP contribution in [0.1, 0.15) is 6.42 Å². The van der Waals surface area contributed by atoms with Crippen molar-refractivity contribution in [3.05, 3.63) is 18.5 Å². The minimum Gasteiger partial charge on any atom is -0.273 e. The van der Waals surface area contributed by atoms with Crippen LogP contribution in [0, 0.1) is 0 Å². The predicted molar refractivity (Wildman–Crippen MR) is 49.7 cm³/mol. The minimum absolute atomic E-state index is 0.457. The van der Waals surface area contributed by atoms with Gasteiger partial charge in [-0.3, -0.25) is 4.68 Å². The second-order valence-corrected chi connectivity index (χ2v) is 4.62. The van der Waals surface area contributed by atoms with E-state index >= 15 is 0 Å². The van der Waals surface area contributed by atoms with Gasteiger partial charge in [0.25, 0.3) is 0 Å². The van der Waals surface area contributed by atoms with Gasteiger partial charge in [-0.2, -0.15) is 5.10 Å². The average molecular weight is 203 g/mol. The molecule has 0 saturated heterocycles. The van der Waals surface area contributed by atoms with Crippen molar-refractivity contribution >= 4 is 10.0 Å². The van der Waals surface area contributed by atoms with Crippen LogP contribution in [-0.4, -0.2) is 31.0 Å². The molecule has 1 aromatic heterocycles. The van der Waals surface area contributed by atoms with Crippen LogP contribution in [0.5, 0.6) is 0 Å². The molecule has 1 rings (SSSR count). The third-order valence-electron chi connectivity index (χ3n) is 1.49. The summed E-state index contributed by atoms with van der Waals surface area (Å²) in [5.74, 6) is 0. The zero-order valence-corrected chi connectivity index (χ0v) is 8.29. The van der Waals surface area contributed by atoms with Gasteiger partial charge in [0.15, 0.2) is 0 Å². The molecule has 74 valence electrons. The number of aryl methyl sites for hydroxylation is 1. The molecule has 0 aliphatic heterocycles. The molecule has 1 N–H and O–H groups in total. The van der Waals surface area contributed by atoms with E-state index in [2.05, 4.69) is 9.82 Å². The molecule has 13 heavy (non-hydrogen) atoms. The first-order valence-corrected chi connectivity index (χ1v) is 5.89. The Balaban J connectivity index is 2.16. The summed E-state index contributed by atoms with van der Waals surface area (Å²) in [6.45, 7) is 1.19. The van der Waals surface area contributed by atoms with Crippen LogP contribution in [0.4, 0.5) is 0 Å². The van der Waals surface area contributed by atoms with E-state index in [1.54, 1.807) is 10.9 Å². The van der Waals surface area contributed by atoms with Crippen molar-refractivity contribution in [2.24, 2.45) is 0 Å². The lowest BCUT2D eigenvalue weighted by Gasteiger charge is -2.02. The van der Waals surface area contributed by atoms with Gasteiger partial charge in [0.05, 0.1) is 6.26 Å². The van der Waals surface area contributed by atoms with Gasteiger partial charge in [0, 0.05) is 25.5 Å². The number of hydrogen-bond acceptors (Lipinski definition) is 3. The van der Waals surface area contributed by atoms with E-state index in [9.17, 15) is 8.42 Å². The van der Waals surface area contributed by atoms with Gasteiger partial charge in [-0.05, 0) is 12.5 Å². The molecule has 0 unspecified atom stereocenters. The van der Waals surface area contributed by atoms with Gasteiger partial charge < -0.3 is 0 Å². The SMILES string of the molecule is CS(=O)(=O)NCCCn1cccn1. The number of hydrogen-bond donors (Lipinski definition) is 1.